The standard InChI is InChI=1S/C22H25NO4/c1-23(21(26)27-16-17-8-4-2-5-9-17)22(20(24)25)14-12-19(13-15-22)18-10-6-3-7-11-18/h2-11,19H,12-16H2,1H3,(H,24,25). The van der Waals surface area contributed by atoms with Crippen LogP contribution in [0.1, 0.15) is 42.7 Å². The van der Waals surface area contributed by atoms with Crippen LogP contribution in [0.5, 0.6) is 0 Å². The van der Waals surface area contributed by atoms with E-state index in [1.165, 1.54) is 17.5 Å². The van der Waals surface area contributed by atoms with Crippen molar-refractivity contribution in [2.45, 2.75) is 43.7 Å². The van der Waals surface area contributed by atoms with Gasteiger partial charge in [0.25, 0.3) is 0 Å². The van der Waals surface area contributed by atoms with Crippen molar-refractivity contribution in [1.82, 2.24) is 4.90 Å². The quantitative estimate of drug-likeness (QED) is 0.849. The van der Waals surface area contributed by atoms with E-state index in [4.69, 9.17) is 4.74 Å². The number of hydrogen-bond acceptors (Lipinski definition) is 3. The average molecular weight is 367 g/mol. The molecule has 0 saturated heterocycles. The van der Waals surface area contributed by atoms with Gasteiger partial charge in [-0.05, 0) is 42.7 Å². The maximum Gasteiger partial charge on any atom is 0.410 e. The van der Waals surface area contributed by atoms with E-state index in [1.54, 1.807) is 0 Å². The lowest BCUT2D eigenvalue weighted by molar-refractivity contribution is -0.152. The van der Waals surface area contributed by atoms with E-state index in [2.05, 4.69) is 12.1 Å². The molecule has 5 heteroatoms. The molecule has 1 fully saturated rings. The van der Waals surface area contributed by atoms with Gasteiger partial charge in [-0.15, -0.1) is 0 Å². The van der Waals surface area contributed by atoms with Crippen LogP contribution in [0.3, 0.4) is 0 Å². The summed E-state index contributed by atoms with van der Waals surface area (Å²) in [6, 6.07) is 19.5. The molecule has 2 aromatic rings. The molecule has 0 unspecified atom stereocenters. The van der Waals surface area contributed by atoms with Crippen molar-refractivity contribution in [3.63, 3.8) is 0 Å². The fourth-order valence-corrected chi connectivity index (χ4v) is 3.84. The molecular formula is C22H25NO4. The first-order chi connectivity index (χ1) is 13.0. The number of carbonyl (C=O) groups is 2. The maximum absolute atomic E-state index is 12.5. The third-order valence-corrected chi connectivity index (χ3v) is 5.60. The summed E-state index contributed by atoms with van der Waals surface area (Å²) in [6.45, 7) is 0.131. The number of hydrogen-bond donors (Lipinski definition) is 1. The fraction of sp³-hybridized carbons (Fsp3) is 0.364. The molecule has 1 N–H and O–H groups in total. The van der Waals surface area contributed by atoms with Crippen LogP contribution in [0.25, 0.3) is 0 Å². The van der Waals surface area contributed by atoms with Crippen molar-refractivity contribution in [3.8, 4) is 0 Å². The molecule has 0 aliphatic heterocycles. The molecule has 2 aromatic carbocycles. The van der Waals surface area contributed by atoms with Crippen LogP contribution >= 0.6 is 0 Å². The van der Waals surface area contributed by atoms with Gasteiger partial charge >= 0.3 is 12.1 Å². The van der Waals surface area contributed by atoms with Gasteiger partial charge in [0, 0.05) is 7.05 Å². The summed E-state index contributed by atoms with van der Waals surface area (Å²) < 4.78 is 5.35. The second-order valence-corrected chi connectivity index (χ2v) is 7.12. The Kier molecular flexibility index (Phi) is 5.79. The van der Waals surface area contributed by atoms with E-state index in [-0.39, 0.29) is 6.61 Å². The number of carbonyl (C=O) groups excluding carboxylic acids is 1. The Balaban J connectivity index is 1.66. The number of nitrogens with zero attached hydrogens (tertiary/aromatic N) is 1. The molecule has 142 valence electrons. The van der Waals surface area contributed by atoms with Gasteiger partial charge in [-0.2, -0.15) is 0 Å². The van der Waals surface area contributed by atoms with Gasteiger partial charge in [0.05, 0.1) is 0 Å². The highest BCUT2D eigenvalue weighted by Crippen LogP contribution is 2.41. The van der Waals surface area contributed by atoms with Gasteiger partial charge in [0.15, 0.2) is 0 Å². The highest BCUT2D eigenvalue weighted by Gasteiger charge is 2.48. The lowest BCUT2D eigenvalue weighted by Gasteiger charge is -2.42. The van der Waals surface area contributed by atoms with E-state index < -0.39 is 17.6 Å². The zero-order chi connectivity index (χ0) is 19.3. The zero-order valence-electron chi connectivity index (χ0n) is 15.5. The zero-order valence-corrected chi connectivity index (χ0v) is 15.5. The van der Waals surface area contributed by atoms with Crippen LogP contribution in [0.15, 0.2) is 60.7 Å². The van der Waals surface area contributed by atoms with Crippen LogP contribution in [0.4, 0.5) is 4.79 Å². The lowest BCUT2D eigenvalue weighted by Crippen LogP contribution is -2.57. The Morgan fingerprint density at radius 1 is 1.04 bits per heavy atom. The van der Waals surface area contributed by atoms with Crippen molar-refractivity contribution in [2.75, 3.05) is 7.05 Å². The summed E-state index contributed by atoms with van der Waals surface area (Å²) >= 11 is 0. The van der Waals surface area contributed by atoms with Gasteiger partial charge in [0.2, 0.25) is 0 Å². The topological polar surface area (TPSA) is 66.8 Å². The van der Waals surface area contributed by atoms with Gasteiger partial charge in [-0.1, -0.05) is 60.7 Å². The molecule has 0 spiro atoms. The molecule has 1 amide bonds. The Morgan fingerprint density at radius 3 is 2.15 bits per heavy atom. The monoisotopic (exact) mass is 367 g/mol. The summed E-state index contributed by atoms with van der Waals surface area (Å²) in [5.74, 6) is -0.638. The molecule has 0 bridgehead atoms. The predicted molar refractivity (Wildman–Crippen MR) is 102 cm³/mol. The Hall–Kier alpha value is -2.82. The molecule has 27 heavy (non-hydrogen) atoms. The molecule has 1 aliphatic carbocycles. The number of likely N-dealkylation sites (N-methyl/N-ethyl adjacent to an activating group) is 1. The van der Waals surface area contributed by atoms with Crippen LogP contribution < -0.4 is 0 Å². The molecule has 0 heterocycles. The first kappa shape index (κ1) is 19.0. The summed E-state index contributed by atoms with van der Waals surface area (Å²) in [6.07, 6.45) is 1.69. The molecular weight excluding hydrogens is 342 g/mol. The lowest BCUT2D eigenvalue weighted by atomic mass is 9.73. The molecule has 0 atom stereocenters. The van der Waals surface area contributed by atoms with Crippen LogP contribution in [-0.2, 0) is 16.1 Å². The number of carboxylic acids is 1. The second-order valence-electron chi connectivity index (χ2n) is 7.12. The van der Waals surface area contributed by atoms with E-state index in [9.17, 15) is 14.7 Å². The summed E-state index contributed by atoms with van der Waals surface area (Å²) in [5, 5.41) is 9.90. The molecule has 5 nitrogen and oxygen atoms in total. The largest absolute Gasteiger partial charge is 0.479 e. The van der Waals surface area contributed by atoms with Crippen molar-refractivity contribution in [2.24, 2.45) is 0 Å². The summed E-state index contributed by atoms with van der Waals surface area (Å²) in [7, 11) is 1.53. The first-order valence-electron chi connectivity index (χ1n) is 9.26. The average Bonchev–Trinajstić information content (AvgIpc) is 2.72. The Bertz CT molecular complexity index is 767. The minimum Gasteiger partial charge on any atom is -0.479 e. The predicted octanol–water partition coefficient (Wildman–Crippen LogP) is 4.44. The fourth-order valence-electron chi connectivity index (χ4n) is 3.84. The Labute approximate surface area is 159 Å². The number of aliphatic carboxylic acids is 1. The van der Waals surface area contributed by atoms with E-state index in [0.29, 0.717) is 18.8 Å². The number of ether oxygens (including phenoxy) is 1. The van der Waals surface area contributed by atoms with Crippen LogP contribution in [0, 0.1) is 0 Å². The second kappa shape index (κ2) is 8.25. The number of carboxylic acid groups (broad SMARTS) is 1. The van der Waals surface area contributed by atoms with Crippen molar-refractivity contribution in [3.05, 3.63) is 71.8 Å². The maximum atomic E-state index is 12.5. The van der Waals surface area contributed by atoms with E-state index in [1.807, 2.05) is 48.5 Å². The molecule has 1 saturated carbocycles. The van der Waals surface area contributed by atoms with Crippen molar-refractivity contribution < 1.29 is 19.4 Å². The third-order valence-electron chi connectivity index (χ3n) is 5.60. The van der Waals surface area contributed by atoms with Crippen LogP contribution in [-0.4, -0.2) is 34.7 Å². The SMILES string of the molecule is CN(C(=O)OCc1ccccc1)C1(C(=O)O)CCC(c2ccccc2)CC1. The normalized spacial score (nSPS) is 22.0. The summed E-state index contributed by atoms with van der Waals surface area (Å²) in [5.41, 5.74) is 0.890. The summed E-state index contributed by atoms with van der Waals surface area (Å²) in [4.78, 5) is 25.9. The smallest absolute Gasteiger partial charge is 0.410 e. The van der Waals surface area contributed by atoms with Gasteiger partial charge in [0.1, 0.15) is 12.1 Å². The molecule has 3 rings (SSSR count). The minimum atomic E-state index is -1.21. The van der Waals surface area contributed by atoms with E-state index >= 15 is 0 Å². The third kappa shape index (κ3) is 4.13. The van der Waals surface area contributed by atoms with Gasteiger partial charge in [-0.25, -0.2) is 9.59 Å². The van der Waals surface area contributed by atoms with Crippen molar-refractivity contribution >= 4 is 12.1 Å². The first-order valence-corrected chi connectivity index (χ1v) is 9.26. The highest BCUT2D eigenvalue weighted by molar-refractivity contribution is 5.84. The molecule has 0 aromatic heterocycles. The minimum absolute atomic E-state index is 0.131. The Morgan fingerprint density at radius 2 is 1.59 bits per heavy atom. The highest BCUT2D eigenvalue weighted by atomic mass is 16.6. The van der Waals surface area contributed by atoms with Gasteiger partial charge in [-0.3, -0.25) is 4.90 Å². The van der Waals surface area contributed by atoms with Gasteiger partial charge < -0.3 is 9.84 Å². The number of amides is 1. The van der Waals surface area contributed by atoms with Crippen molar-refractivity contribution in [1.29, 1.82) is 0 Å². The number of benzene rings is 2. The number of rotatable bonds is 5. The van der Waals surface area contributed by atoms with E-state index in [0.717, 1.165) is 18.4 Å². The molecule has 1 aliphatic rings. The molecule has 0 radical (unpaired) electrons. The van der Waals surface area contributed by atoms with Crippen LogP contribution in [0.2, 0.25) is 0 Å².